The van der Waals surface area contributed by atoms with Crippen LogP contribution in [0.3, 0.4) is 0 Å². The van der Waals surface area contributed by atoms with Crippen molar-refractivity contribution in [2.24, 2.45) is 0 Å². The lowest BCUT2D eigenvalue weighted by atomic mass is 10.2. The first kappa shape index (κ1) is 17.6. The first-order chi connectivity index (χ1) is 13.5. The fraction of sp³-hybridized carbons (Fsp3) is 0.222. The van der Waals surface area contributed by atoms with Crippen molar-refractivity contribution in [1.82, 2.24) is 0 Å². The molecule has 10 heteroatoms. The number of nitrogens with zero attached hydrogens (tertiary/aromatic N) is 2. The normalized spacial score (nSPS) is 14.7. The second-order valence-electron chi connectivity index (χ2n) is 6.08. The number of carbonyl (C=O) groups is 2. The Hall–Kier alpha value is -3.82. The van der Waals surface area contributed by atoms with E-state index < -0.39 is 16.7 Å². The summed E-state index contributed by atoms with van der Waals surface area (Å²) < 4.78 is 16.2. The average Bonchev–Trinajstić information content (AvgIpc) is 2.69. The number of hydrogen-bond acceptors (Lipinski definition) is 7. The van der Waals surface area contributed by atoms with Crippen molar-refractivity contribution in [3.8, 4) is 17.2 Å². The molecule has 0 saturated carbocycles. The van der Waals surface area contributed by atoms with E-state index in [0.717, 1.165) is 0 Å². The van der Waals surface area contributed by atoms with Gasteiger partial charge in [-0.3, -0.25) is 24.6 Å². The summed E-state index contributed by atoms with van der Waals surface area (Å²) in [5, 5.41) is 13.7. The van der Waals surface area contributed by atoms with Crippen LogP contribution in [0.15, 0.2) is 36.4 Å². The molecule has 0 aliphatic carbocycles. The summed E-state index contributed by atoms with van der Waals surface area (Å²) >= 11 is 0. The Morgan fingerprint density at radius 2 is 1.82 bits per heavy atom. The highest BCUT2D eigenvalue weighted by Crippen LogP contribution is 2.35. The minimum atomic E-state index is -0.577. The fourth-order valence-corrected chi connectivity index (χ4v) is 2.94. The van der Waals surface area contributed by atoms with Gasteiger partial charge in [0.05, 0.1) is 10.6 Å². The summed E-state index contributed by atoms with van der Waals surface area (Å²) in [5.74, 6) is 0.480. The number of benzene rings is 2. The van der Waals surface area contributed by atoms with E-state index in [1.807, 2.05) is 0 Å². The molecule has 2 aliphatic heterocycles. The Balaban J connectivity index is 1.52. The molecule has 2 aromatic rings. The molecule has 2 aliphatic rings. The molecular formula is C18H15N3O7. The van der Waals surface area contributed by atoms with Crippen LogP contribution in [0.25, 0.3) is 0 Å². The number of ether oxygens (including phenoxy) is 3. The Labute approximate surface area is 158 Å². The van der Waals surface area contributed by atoms with E-state index in [1.165, 1.54) is 23.1 Å². The van der Waals surface area contributed by atoms with Crippen LogP contribution in [0.4, 0.5) is 17.1 Å². The highest BCUT2D eigenvalue weighted by Gasteiger charge is 2.29. The maximum absolute atomic E-state index is 12.5. The van der Waals surface area contributed by atoms with E-state index in [1.54, 1.807) is 18.2 Å². The Kier molecular flexibility index (Phi) is 4.44. The third-order valence-electron chi connectivity index (χ3n) is 4.22. The van der Waals surface area contributed by atoms with Crippen molar-refractivity contribution < 1.29 is 28.7 Å². The van der Waals surface area contributed by atoms with Crippen molar-refractivity contribution >= 4 is 28.9 Å². The van der Waals surface area contributed by atoms with Crippen LogP contribution in [0.1, 0.15) is 0 Å². The van der Waals surface area contributed by atoms with E-state index in [0.29, 0.717) is 36.1 Å². The van der Waals surface area contributed by atoms with Crippen LogP contribution >= 0.6 is 0 Å². The number of amides is 2. The number of hydrogen-bond donors (Lipinski definition) is 1. The fourth-order valence-electron chi connectivity index (χ4n) is 2.94. The standard InChI is InChI=1S/C18H15N3O7/c22-17(19-11-1-3-15-16(7-11)27-6-5-26-15)9-20-13-8-12(21(24)25)2-4-14(13)28-10-18(20)23/h1-4,7-8H,5-6,9-10H2,(H,19,22). The molecule has 0 atom stereocenters. The third-order valence-corrected chi connectivity index (χ3v) is 4.22. The predicted octanol–water partition coefficient (Wildman–Crippen LogP) is 1.73. The van der Waals surface area contributed by atoms with Gasteiger partial charge in [-0.2, -0.15) is 0 Å². The van der Waals surface area contributed by atoms with Crippen LogP contribution in [-0.2, 0) is 9.59 Å². The summed E-state index contributed by atoms with van der Waals surface area (Å²) in [6.07, 6.45) is 0. The van der Waals surface area contributed by atoms with Crippen molar-refractivity contribution in [1.29, 1.82) is 0 Å². The van der Waals surface area contributed by atoms with Crippen LogP contribution in [0, 0.1) is 10.1 Å². The highest BCUT2D eigenvalue weighted by atomic mass is 16.6. The smallest absolute Gasteiger partial charge is 0.271 e. The number of anilines is 2. The van der Waals surface area contributed by atoms with Gasteiger partial charge in [0.25, 0.3) is 11.6 Å². The molecule has 0 spiro atoms. The first-order valence-electron chi connectivity index (χ1n) is 8.42. The first-order valence-corrected chi connectivity index (χ1v) is 8.42. The van der Waals surface area contributed by atoms with E-state index >= 15 is 0 Å². The lowest BCUT2D eigenvalue weighted by molar-refractivity contribution is -0.384. The molecule has 0 bridgehead atoms. The van der Waals surface area contributed by atoms with Gasteiger partial charge >= 0.3 is 0 Å². The zero-order chi connectivity index (χ0) is 19.7. The quantitative estimate of drug-likeness (QED) is 0.628. The van der Waals surface area contributed by atoms with Gasteiger partial charge in [-0.25, -0.2) is 0 Å². The average molecular weight is 385 g/mol. The molecule has 0 radical (unpaired) electrons. The number of nitrogens with one attached hydrogen (secondary N) is 1. The second kappa shape index (κ2) is 7.06. The van der Waals surface area contributed by atoms with Gasteiger partial charge in [0.1, 0.15) is 25.5 Å². The van der Waals surface area contributed by atoms with E-state index in [4.69, 9.17) is 14.2 Å². The molecule has 1 N–H and O–H groups in total. The summed E-state index contributed by atoms with van der Waals surface area (Å²) in [4.78, 5) is 36.3. The molecule has 0 fully saturated rings. The molecule has 2 heterocycles. The minimum Gasteiger partial charge on any atom is -0.486 e. The topological polar surface area (TPSA) is 120 Å². The summed E-state index contributed by atoms with van der Waals surface area (Å²) in [7, 11) is 0. The van der Waals surface area contributed by atoms with Gasteiger partial charge < -0.3 is 19.5 Å². The Morgan fingerprint density at radius 1 is 1.07 bits per heavy atom. The van der Waals surface area contributed by atoms with Crippen molar-refractivity contribution in [2.75, 3.05) is 36.6 Å². The maximum atomic E-state index is 12.5. The van der Waals surface area contributed by atoms with Crippen molar-refractivity contribution in [2.45, 2.75) is 0 Å². The van der Waals surface area contributed by atoms with E-state index in [-0.39, 0.29) is 24.5 Å². The maximum Gasteiger partial charge on any atom is 0.271 e. The number of nitro groups is 1. The van der Waals surface area contributed by atoms with Gasteiger partial charge in [-0.15, -0.1) is 0 Å². The molecular weight excluding hydrogens is 370 g/mol. The van der Waals surface area contributed by atoms with Gasteiger partial charge in [0.2, 0.25) is 5.91 Å². The highest BCUT2D eigenvalue weighted by molar-refractivity contribution is 6.05. The molecule has 144 valence electrons. The van der Waals surface area contributed by atoms with E-state index in [2.05, 4.69) is 5.32 Å². The lowest BCUT2D eigenvalue weighted by Crippen LogP contribution is -2.43. The van der Waals surface area contributed by atoms with Gasteiger partial charge in [-0.05, 0) is 18.2 Å². The van der Waals surface area contributed by atoms with Crippen LogP contribution < -0.4 is 24.4 Å². The summed E-state index contributed by atoms with van der Waals surface area (Å²) in [6, 6.07) is 8.87. The number of nitro benzene ring substituents is 1. The molecule has 4 rings (SSSR count). The third kappa shape index (κ3) is 3.39. The van der Waals surface area contributed by atoms with Gasteiger partial charge in [-0.1, -0.05) is 0 Å². The predicted molar refractivity (Wildman–Crippen MR) is 97.0 cm³/mol. The number of rotatable bonds is 4. The number of fused-ring (bicyclic) bond motifs is 2. The molecule has 10 nitrogen and oxygen atoms in total. The van der Waals surface area contributed by atoms with Crippen LogP contribution in [0.5, 0.6) is 17.2 Å². The molecule has 28 heavy (non-hydrogen) atoms. The minimum absolute atomic E-state index is 0.183. The zero-order valence-corrected chi connectivity index (χ0v) is 14.5. The largest absolute Gasteiger partial charge is 0.486 e. The summed E-state index contributed by atoms with van der Waals surface area (Å²) in [6.45, 7) is 0.318. The van der Waals surface area contributed by atoms with Crippen molar-refractivity contribution in [3.05, 3.63) is 46.5 Å². The van der Waals surface area contributed by atoms with Gasteiger partial charge in [0, 0.05) is 23.9 Å². The molecule has 0 aromatic heterocycles. The molecule has 2 aromatic carbocycles. The molecule has 2 amide bonds. The van der Waals surface area contributed by atoms with Crippen molar-refractivity contribution in [3.63, 3.8) is 0 Å². The monoisotopic (exact) mass is 385 g/mol. The van der Waals surface area contributed by atoms with Gasteiger partial charge in [0.15, 0.2) is 18.1 Å². The molecule has 0 saturated heterocycles. The second-order valence-corrected chi connectivity index (χ2v) is 6.08. The SMILES string of the molecule is O=C(CN1C(=O)COc2ccc([N+](=O)[O-])cc21)Nc1ccc2c(c1)OCCO2. The number of non-ortho nitro benzene ring substituents is 1. The summed E-state index contributed by atoms with van der Waals surface area (Å²) in [5.41, 5.74) is 0.464. The van der Waals surface area contributed by atoms with Crippen LogP contribution in [0.2, 0.25) is 0 Å². The number of carbonyl (C=O) groups excluding carboxylic acids is 2. The molecule has 0 unspecified atom stereocenters. The Bertz CT molecular complexity index is 976. The Morgan fingerprint density at radius 3 is 2.61 bits per heavy atom. The zero-order valence-electron chi connectivity index (χ0n) is 14.5. The lowest BCUT2D eigenvalue weighted by Gasteiger charge is -2.28. The van der Waals surface area contributed by atoms with Crippen LogP contribution in [-0.4, -0.2) is 43.1 Å². The van der Waals surface area contributed by atoms with E-state index in [9.17, 15) is 19.7 Å².